The molecule has 2 rings (SSSR count). The highest BCUT2D eigenvalue weighted by Crippen LogP contribution is 2.14. The molecule has 2 unspecified atom stereocenters. The summed E-state index contributed by atoms with van der Waals surface area (Å²) in [5, 5.41) is 3.62. The first-order valence-corrected chi connectivity index (χ1v) is 5.87. The van der Waals surface area contributed by atoms with Gasteiger partial charge in [0.2, 0.25) is 0 Å². The molecule has 82 valence electrons. The fourth-order valence-electron chi connectivity index (χ4n) is 2.40. The molecule has 0 amide bonds. The summed E-state index contributed by atoms with van der Waals surface area (Å²) in [7, 11) is 2.25. The van der Waals surface area contributed by atoms with E-state index in [4.69, 9.17) is 4.74 Å². The maximum atomic E-state index is 5.35. The topological polar surface area (TPSA) is 24.5 Å². The first-order valence-electron chi connectivity index (χ1n) is 5.87. The third kappa shape index (κ3) is 2.69. The van der Waals surface area contributed by atoms with Gasteiger partial charge in [-0.15, -0.1) is 0 Å². The Balaban J connectivity index is 1.67. The molecular formula is C11H22N2O. The molecule has 0 spiro atoms. The van der Waals surface area contributed by atoms with Crippen LogP contribution >= 0.6 is 0 Å². The van der Waals surface area contributed by atoms with Crippen LogP contribution in [0.4, 0.5) is 0 Å². The number of rotatable bonds is 3. The molecule has 0 radical (unpaired) electrons. The molecule has 0 aliphatic carbocycles. The number of likely N-dealkylation sites (N-methyl/N-ethyl adjacent to an activating group) is 1. The number of hydrogen-bond acceptors (Lipinski definition) is 3. The molecule has 0 saturated carbocycles. The largest absolute Gasteiger partial charge is 0.380 e. The van der Waals surface area contributed by atoms with Gasteiger partial charge in [-0.2, -0.15) is 0 Å². The van der Waals surface area contributed by atoms with Crippen molar-refractivity contribution in [2.45, 2.75) is 37.8 Å². The van der Waals surface area contributed by atoms with E-state index >= 15 is 0 Å². The van der Waals surface area contributed by atoms with Crippen molar-refractivity contribution >= 4 is 0 Å². The van der Waals surface area contributed by atoms with Gasteiger partial charge in [-0.1, -0.05) is 6.42 Å². The van der Waals surface area contributed by atoms with Gasteiger partial charge in [0.05, 0.1) is 6.61 Å². The standard InChI is InChI=1S/C11H22N2O/c1-13-6-3-2-4-11(13)8-12-10-5-7-14-9-10/h10-12H,2-9H2,1H3. The second-order valence-corrected chi connectivity index (χ2v) is 4.60. The first kappa shape index (κ1) is 10.4. The van der Waals surface area contributed by atoms with E-state index in [1.54, 1.807) is 0 Å². The van der Waals surface area contributed by atoms with E-state index in [0.717, 1.165) is 25.8 Å². The van der Waals surface area contributed by atoms with E-state index in [-0.39, 0.29) is 0 Å². The molecule has 0 aromatic rings. The predicted octanol–water partition coefficient (Wildman–Crippen LogP) is 0.849. The van der Waals surface area contributed by atoms with Crippen LogP contribution in [0.2, 0.25) is 0 Å². The third-order valence-electron chi connectivity index (χ3n) is 3.49. The van der Waals surface area contributed by atoms with E-state index in [1.165, 1.54) is 32.2 Å². The number of hydrogen-bond donors (Lipinski definition) is 1. The monoisotopic (exact) mass is 198 g/mol. The van der Waals surface area contributed by atoms with Crippen LogP contribution < -0.4 is 5.32 Å². The molecule has 3 heteroatoms. The summed E-state index contributed by atoms with van der Waals surface area (Å²) in [6.45, 7) is 4.27. The molecule has 0 aromatic heterocycles. The maximum absolute atomic E-state index is 5.35. The molecule has 2 atom stereocenters. The minimum Gasteiger partial charge on any atom is -0.380 e. The zero-order valence-corrected chi connectivity index (χ0v) is 9.17. The number of nitrogens with zero attached hydrogens (tertiary/aromatic N) is 1. The second kappa shape index (κ2) is 5.10. The minimum absolute atomic E-state index is 0.616. The summed E-state index contributed by atoms with van der Waals surface area (Å²) < 4.78 is 5.35. The third-order valence-corrected chi connectivity index (χ3v) is 3.49. The Bertz CT molecular complexity index is 169. The zero-order valence-electron chi connectivity index (χ0n) is 9.17. The zero-order chi connectivity index (χ0) is 9.80. The molecule has 1 N–H and O–H groups in total. The minimum atomic E-state index is 0.616. The number of ether oxygens (including phenoxy) is 1. The Labute approximate surface area is 86.8 Å². The van der Waals surface area contributed by atoms with E-state index < -0.39 is 0 Å². The van der Waals surface area contributed by atoms with Crippen LogP contribution in [0, 0.1) is 0 Å². The molecule has 2 fully saturated rings. The van der Waals surface area contributed by atoms with Crippen LogP contribution in [0.5, 0.6) is 0 Å². The highest BCUT2D eigenvalue weighted by atomic mass is 16.5. The summed E-state index contributed by atoms with van der Waals surface area (Å²) in [6.07, 6.45) is 5.32. The van der Waals surface area contributed by atoms with Gasteiger partial charge in [-0.05, 0) is 32.9 Å². The van der Waals surface area contributed by atoms with Crippen LogP contribution in [0.3, 0.4) is 0 Å². The molecular weight excluding hydrogens is 176 g/mol. The summed E-state index contributed by atoms with van der Waals surface area (Å²) >= 11 is 0. The summed E-state index contributed by atoms with van der Waals surface area (Å²) in [5.41, 5.74) is 0. The Morgan fingerprint density at radius 1 is 1.36 bits per heavy atom. The van der Waals surface area contributed by atoms with E-state index in [0.29, 0.717) is 6.04 Å². The molecule has 2 saturated heterocycles. The molecule has 14 heavy (non-hydrogen) atoms. The van der Waals surface area contributed by atoms with Crippen molar-refractivity contribution in [1.29, 1.82) is 0 Å². The van der Waals surface area contributed by atoms with Crippen molar-refractivity contribution in [3.63, 3.8) is 0 Å². The van der Waals surface area contributed by atoms with Gasteiger partial charge >= 0.3 is 0 Å². The fourth-order valence-corrected chi connectivity index (χ4v) is 2.40. The average Bonchev–Trinajstić information content (AvgIpc) is 2.69. The Morgan fingerprint density at radius 2 is 2.29 bits per heavy atom. The van der Waals surface area contributed by atoms with Crippen molar-refractivity contribution < 1.29 is 4.74 Å². The van der Waals surface area contributed by atoms with E-state index in [2.05, 4.69) is 17.3 Å². The molecule has 0 aromatic carbocycles. The van der Waals surface area contributed by atoms with Gasteiger partial charge in [-0.3, -0.25) is 0 Å². The van der Waals surface area contributed by atoms with E-state index in [9.17, 15) is 0 Å². The average molecular weight is 198 g/mol. The SMILES string of the molecule is CN1CCCCC1CNC1CCOC1. The van der Waals surface area contributed by atoms with Gasteiger partial charge in [0.1, 0.15) is 0 Å². The lowest BCUT2D eigenvalue weighted by molar-refractivity contribution is 0.168. The van der Waals surface area contributed by atoms with Crippen molar-refractivity contribution in [3.05, 3.63) is 0 Å². The second-order valence-electron chi connectivity index (χ2n) is 4.60. The summed E-state index contributed by atoms with van der Waals surface area (Å²) in [6, 6.07) is 1.37. The summed E-state index contributed by atoms with van der Waals surface area (Å²) in [5.74, 6) is 0. The van der Waals surface area contributed by atoms with Gasteiger partial charge in [-0.25, -0.2) is 0 Å². The number of nitrogens with one attached hydrogen (secondary N) is 1. The molecule has 2 aliphatic heterocycles. The lowest BCUT2D eigenvalue weighted by atomic mass is 10.0. The Kier molecular flexibility index (Phi) is 3.79. The van der Waals surface area contributed by atoms with Crippen molar-refractivity contribution in [3.8, 4) is 0 Å². The smallest absolute Gasteiger partial charge is 0.0620 e. The van der Waals surface area contributed by atoms with Crippen LogP contribution in [0.1, 0.15) is 25.7 Å². The van der Waals surface area contributed by atoms with Crippen LogP contribution in [-0.4, -0.2) is 50.3 Å². The number of piperidine rings is 1. The highest BCUT2D eigenvalue weighted by Gasteiger charge is 2.21. The quantitative estimate of drug-likeness (QED) is 0.727. The van der Waals surface area contributed by atoms with Crippen molar-refractivity contribution in [2.24, 2.45) is 0 Å². The van der Waals surface area contributed by atoms with Gasteiger partial charge in [0.25, 0.3) is 0 Å². The maximum Gasteiger partial charge on any atom is 0.0620 e. The van der Waals surface area contributed by atoms with E-state index in [1.807, 2.05) is 0 Å². The normalized spacial score (nSPS) is 34.9. The molecule has 0 bridgehead atoms. The highest BCUT2D eigenvalue weighted by molar-refractivity contribution is 4.79. The van der Waals surface area contributed by atoms with Crippen molar-refractivity contribution in [1.82, 2.24) is 10.2 Å². The Hall–Kier alpha value is -0.120. The predicted molar refractivity (Wildman–Crippen MR) is 57.5 cm³/mol. The molecule has 3 nitrogen and oxygen atoms in total. The van der Waals surface area contributed by atoms with Crippen molar-refractivity contribution in [2.75, 3.05) is 33.4 Å². The molecule has 2 heterocycles. The van der Waals surface area contributed by atoms with Crippen LogP contribution in [0.15, 0.2) is 0 Å². The first-order chi connectivity index (χ1) is 6.86. The lowest BCUT2D eigenvalue weighted by Gasteiger charge is -2.33. The van der Waals surface area contributed by atoms with Gasteiger partial charge in [0.15, 0.2) is 0 Å². The van der Waals surface area contributed by atoms with Crippen LogP contribution in [-0.2, 0) is 4.74 Å². The fraction of sp³-hybridized carbons (Fsp3) is 1.00. The van der Waals surface area contributed by atoms with Gasteiger partial charge < -0.3 is 15.0 Å². The van der Waals surface area contributed by atoms with Crippen LogP contribution in [0.25, 0.3) is 0 Å². The Morgan fingerprint density at radius 3 is 3.00 bits per heavy atom. The lowest BCUT2D eigenvalue weighted by Crippen LogP contribution is -2.45. The summed E-state index contributed by atoms with van der Waals surface area (Å²) in [4.78, 5) is 2.49. The number of likely N-dealkylation sites (tertiary alicyclic amines) is 1. The molecule has 2 aliphatic rings. The van der Waals surface area contributed by atoms with Gasteiger partial charge in [0, 0.05) is 25.2 Å².